The summed E-state index contributed by atoms with van der Waals surface area (Å²) in [6.07, 6.45) is 1.16. The van der Waals surface area contributed by atoms with Crippen LogP contribution in [0.25, 0.3) is 0 Å². The van der Waals surface area contributed by atoms with Crippen molar-refractivity contribution < 1.29 is 9.53 Å². The molecule has 0 bridgehead atoms. The van der Waals surface area contributed by atoms with Gasteiger partial charge in [-0.2, -0.15) is 0 Å². The van der Waals surface area contributed by atoms with Crippen molar-refractivity contribution >= 4 is 5.91 Å². The molecule has 0 aliphatic carbocycles. The molecule has 1 heterocycles. The Kier molecular flexibility index (Phi) is 5.63. The van der Waals surface area contributed by atoms with Gasteiger partial charge in [0.25, 0.3) is 0 Å². The second-order valence-electron chi connectivity index (χ2n) is 8.81. The summed E-state index contributed by atoms with van der Waals surface area (Å²) in [5, 5.41) is 3.31. The minimum absolute atomic E-state index is 0.0252. The summed E-state index contributed by atoms with van der Waals surface area (Å²) in [4.78, 5) is 13.2. The Morgan fingerprint density at radius 1 is 1.00 bits per heavy atom. The molecule has 0 spiro atoms. The van der Waals surface area contributed by atoms with Crippen LogP contribution in [0.1, 0.15) is 60.9 Å². The number of hydrogen-bond acceptors (Lipinski definition) is 2. The largest absolute Gasteiger partial charge is 0.487 e. The van der Waals surface area contributed by atoms with E-state index in [-0.39, 0.29) is 23.5 Å². The molecule has 4 rings (SSSR count). The smallest absolute Gasteiger partial charge is 0.221 e. The molecule has 30 heavy (non-hydrogen) atoms. The summed E-state index contributed by atoms with van der Waals surface area (Å²) in [7, 11) is 0. The molecule has 3 nitrogen and oxygen atoms in total. The lowest BCUT2D eigenvalue weighted by molar-refractivity contribution is -0.122. The monoisotopic (exact) mass is 399 g/mol. The van der Waals surface area contributed by atoms with Gasteiger partial charge < -0.3 is 10.1 Å². The number of fused-ring (bicyclic) bond motifs is 1. The summed E-state index contributed by atoms with van der Waals surface area (Å²) in [5.41, 5.74) is 4.23. The zero-order valence-corrected chi connectivity index (χ0v) is 17.9. The summed E-state index contributed by atoms with van der Waals surface area (Å²) in [6, 6.07) is 26.7. The van der Waals surface area contributed by atoms with Crippen LogP contribution < -0.4 is 10.1 Å². The maximum absolute atomic E-state index is 13.2. The maximum atomic E-state index is 13.2. The summed E-state index contributed by atoms with van der Waals surface area (Å²) >= 11 is 0. The summed E-state index contributed by atoms with van der Waals surface area (Å²) in [6.45, 7) is 6.22. The van der Waals surface area contributed by atoms with Crippen LogP contribution in [0.4, 0.5) is 0 Å². The van der Waals surface area contributed by atoms with Gasteiger partial charge in [-0.3, -0.25) is 4.79 Å². The second-order valence-corrected chi connectivity index (χ2v) is 8.81. The lowest BCUT2D eigenvalue weighted by Crippen LogP contribution is -2.41. The van der Waals surface area contributed by atoms with E-state index in [9.17, 15) is 4.79 Å². The first-order chi connectivity index (χ1) is 14.4. The maximum Gasteiger partial charge on any atom is 0.221 e. The van der Waals surface area contributed by atoms with Gasteiger partial charge in [-0.05, 0) is 38.0 Å². The molecule has 0 radical (unpaired) electrons. The summed E-state index contributed by atoms with van der Waals surface area (Å²) in [5.74, 6) is 0.949. The molecule has 0 unspecified atom stereocenters. The highest BCUT2D eigenvalue weighted by atomic mass is 16.5. The van der Waals surface area contributed by atoms with Crippen LogP contribution in [-0.4, -0.2) is 11.5 Å². The molecule has 0 saturated carbocycles. The van der Waals surface area contributed by atoms with Crippen LogP contribution >= 0.6 is 0 Å². The quantitative estimate of drug-likeness (QED) is 0.577. The Bertz CT molecular complexity index is 972. The van der Waals surface area contributed by atoms with E-state index in [0.29, 0.717) is 6.42 Å². The highest BCUT2D eigenvalue weighted by Crippen LogP contribution is 2.40. The highest BCUT2D eigenvalue weighted by Gasteiger charge is 2.35. The van der Waals surface area contributed by atoms with Gasteiger partial charge in [0.1, 0.15) is 11.4 Å². The molecule has 1 atom stereocenters. The van der Waals surface area contributed by atoms with Gasteiger partial charge >= 0.3 is 0 Å². The third-order valence-electron chi connectivity index (χ3n) is 5.75. The molecule has 154 valence electrons. The standard InChI is InChI=1S/C27H29NO2/c1-19-14-15-25-23(16-19)24(18-27(2,3)30-25)28-26(29)17-22(20-10-6-4-7-11-20)21-12-8-5-9-13-21/h4-16,22,24H,17-18H2,1-3H3,(H,28,29)/t24-/m0/s1. The highest BCUT2D eigenvalue weighted by molar-refractivity contribution is 5.78. The van der Waals surface area contributed by atoms with Gasteiger partial charge in [0.2, 0.25) is 5.91 Å². The minimum atomic E-state index is -0.321. The van der Waals surface area contributed by atoms with Crippen molar-refractivity contribution in [1.82, 2.24) is 5.32 Å². The van der Waals surface area contributed by atoms with Crippen molar-refractivity contribution in [3.63, 3.8) is 0 Å². The lowest BCUT2D eigenvalue weighted by atomic mass is 9.86. The zero-order valence-electron chi connectivity index (χ0n) is 17.9. The number of rotatable bonds is 5. The molecule has 0 saturated heterocycles. The van der Waals surface area contributed by atoms with Gasteiger partial charge in [-0.1, -0.05) is 78.4 Å². The molecular formula is C27H29NO2. The number of carbonyl (C=O) groups excluding carboxylic acids is 1. The SMILES string of the molecule is Cc1ccc2c(c1)[C@@H](NC(=O)CC(c1ccccc1)c1ccccc1)CC(C)(C)O2. The number of carbonyl (C=O) groups is 1. The van der Waals surface area contributed by atoms with E-state index in [2.05, 4.69) is 62.5 Å². The first kappa shape index (κ1) is 20.2. The van der Waals surface area contributed by atoms with Crippen LogP contribution in [-0.2, 0) is 4.79 Å². The average Bonchev–Trinajstić information content (AvgIpc) is 2.73. The third kappa shape index (κ3) is 4.56. The van der Waals surface area contributed by atoms with Gasteiger partial charge in [0.05, 0.1) is 6.04 Å². The molecular weight excluding hydrogens is 370 g/mol. The number of benzene rings is 3. The zero-order chi connectivity index (χ0) is 21.1. The molecule has 1 aliphatic rings. The Morgan fingerprint density at radius 2 is 1.60 bits per heavy atom. The predicted molar refractivity (Wildman–Crippen MR) is 121 cm³/mol. The van der Waals surface area contributed by atoms with Crippen molar-refractivity contribution in [2.45, 2.75) is 51.2 Å². The van der Waals surface area contributed by atoms with Crippen LogP contribution in [0.3, 0.4) is 0 Å². The fraction of sp³-hybridized carbons (Fsp3) is 0.296. The Hall–Kier alpha value is -3.07. The minimum Gasteiger partial charge on any atom is -0.487 e. The molecule has 3 aromatic carbocycles. The Morgan fingerprint density at radius 3 is 2.20 bits per heavy atom. The van der Waals surface area contributed by atoms with Gasteiger partial charge in [0, 0.05) is 24.3 Å². The molecule has 1 amide bonds. The second kappa shape index (κ2) is 8.35. The van der Waals surface area contributed by atoms with Gasteiger partial charge in [-0.25, -0.2) is 0 Å². The fourth-order valence-corrected chi connectivity index (χ4v) is 4.34. The van der Waals surface area contributed by atoms with E-state index in [1.54, 1.807) is 0 Å². The topological polar surface area (TPSA) is 38.3 Å². The first-order valence-electron chi connectivity index (χ1n) is 10.6. The van der Waals surface area contributed by atoms with E-state index in [1.807, 2.05) is 42.5 Å². The average molecular weight is 400 g/mol. The molecule has 3 aromatic rings. The molecule has 1 N–H and O–H groups in total. The van der Waals surface area contributed by atoms with Gasteiger partial charge in [-0.15, -0.1) is 0 Å². The molecule has 1 aliphatic heterocycles. The van der Waals surface area contributed by atoms with E-state index < -0.39 is 0 Å². The number of hydrogen-bond donors (Lipinski definition) is 1. The van der Waals surface area contributed by atoms with E-state index in [4.69, 9.17) is 4.74 Å². The lowest BCUT2D eigenvalue weighted by Gasteiger charge is -2.38. The van der Waals surface area contributed by atoms with Crippen LogP contribution in [0.2, 0.25) is 0 Å². The van der Waals surface area contributed by atoms with Crippen LogP contribution in [0.15, 0.2) is 78.9 Å². The molecule has 0 aromatic heterocycles. The van der Waals surface area contributed by atoms with E-state index in [0.717, 1.165) is 28.9 Å². The normalized spacial score (nSPS) is 17.1. The predicted octanol–water partition coefficient (Wildman–Crippen LogP) is 5.94. The van der Waals surface area contributed by atoms with Gasteiger partial charge in [0.15, 0.2) is 0 Å². The Labute approximate surface area is 179 Å². The van der Waals surface area contributed by atoms with E-state index in [1.165, 1.54) is 5.56 Å². The first-order valence-corrected chi connectivity index (χ1v) is 10.6. The third-order valence-corrected chi connectivity index (χ3v) is 5.75. The van der Waals surface area contributed by atoms with E-state index >= 15 is 0 Å². The summed E-state index contributed by atoms with van der Waals surface area (Å²) < 4.78 is 6.15. The van der Waals surface area contributed by atoms with Crippen molar-refractivity contribution in [1.29, 1.82) is 0 Å². The molecule has 0 fully saturated rings. The number of amides is 1. The van der Waals surface area contributed by atoms with Crippen molar-refractivity contribution in [3.8, 4) is 5.75 Å². The number of nitrogens with one attached hydrogen (secondary N) is 1. The van der Waals surface area contributed by atoms with Crippen molar-refractivity contribution in [2.75, 3.05) is 0 Å². The molecule has 3 heteroatoms. The van der Waals surface area contributed by atoms with Crippen LogP contribution in [0.5, 0.6) is 5.75 Å². The van der Waals surface area contributed by atoms with Crippen LogP contribution in [0, 0.1) is 6.92 Å². The number of aryl methyl sites for hydroxylation is 1. The van der Waals surface area contributed by atoms with Crippen molar-refractivity contribution in [3.05, 3.63) is 101 Å². The Balaban J connectivity index is 1.58. The van der Waals surface area contributed by atoms with Crippen molar-refractivity contribution in [2.24, 2.45) is 0 Å². The number of ether oxygens (including phenoxy) is 1. The fourth-order valence-electron chi connectivity index (χ4n) is 4.34.